The van der Waals surface area contributed by atoms with Gasteiger partial charge in [-0.05, 0) is 6.42 Å². The molecule has 2 aromatic heterocycles. The summed E-state index contributed by atoms with van der Waals surface area (Å²) < 4.78 is 4.00. The van der Waals surface area contributed by atoms with E-state index in [4.69, 9.17) is 5.73 Å². The molecule has 0 saturated carbocycles. The minimum absolute atomic E-state index is 0.618. The van der Waals surface area contributed by atoms with Gasteiger partial charge in [-0.25, -0.2) is 4.98 Å². The first-order valence-corrected chi connectivity index (χ1v) is 5.58. The van der Waals surface area contributed by atoms with Gasteiger partial charge in [0, 0.05) is 31.4 Å². The van der Waals surface area contributed by atoms with E-state index in [1.54, 1.807) is 6.33 Å². The van der Waals surface area contributed by atoms with Crippen molar-refractivity contribution in [2.75, 3.05) is 6.54 Å². The van der Waals surface area contributed by atoms with Gasteiger partial charge in [-0.1, -0.05) is 6.92 Å². The first kappa shape index (κ1) is 10.9. The van der Waals surface area contributed by atoms with Crippen molar-refractivity contribution in [3.63, 3.8) is 0 Å². The molecule has 0 amide bonds. The number of imidazole rings is 1. The quantitative estimate of drug-likeness (QED) is 0.819. The van der Waals surface area contributed by atoms with E-state index >= 15 is 0 Å². The van der Waals surface area contributed by atoms with E-state index in [0.717, 1.165) is 30.8 Å². The van der Waals surface area contributed by atoms with Crippen LogP contribution in [0.25, 0.3) is 11.3 Å². The summed E-state index contributed by atoms with van der Waals surface area (Å²) >= 11 is 0. The Bertz CT molecular complexity index is 443. The highest BCUT2D eigenvalue weighted by Gasteiger charge is 2.06. The zero-order valence-corrected chi connectivity index (χ0v) is 9.50. The average Bonchev–Trinajstić information content (AvgIpc) is 2.87. The molecule has 2 aromatic rings. The highest BCUT2D eigenvalue weighted by Crippen LogP contribution is 2.17. The summed E-state index contributed by atoms with van der Waals surface area (Å²) in [7, 11) is 0. The van der Waals surface area contributed by atoms with Crippen molar-refractivity contribution in [1.82, 2.24) is 19.3 Å². The zero-order chi connectivity index (χ0) is 11.4. The predicted molar refractivity (Wildman–Crippen MR) is 62.8 cm³/mol. The van der Waals surface area contributed by atoms with Gasteiger partial charge in [0.2, 0.25) is 0 Å². The van der Waals surface area contributed by atoms with E-state index in [1.807, 2.05) is 27.8 Å². The summed E-state index contributed by atoms with van der Waals surface area (Å²) in [5, 5.41) is 4.31. The molecule has 0 aliphatic rings. The average molecular weight is 219 g/mol. The van der Waals surface area contributed by atoms with Crippen LogP contribution in [0, 0.1) is 0 Å². The monoisotopic (exact) mass is 219 g/mol. The van der Waals surface area contributed by atoms with Gasteiger partial charge in [-0.15, -0.1) is 0 Å². The third-order valence-corrected chi connectivity index (χ3v) is 2.46. The van der Waals surface area contributed by atoms with Gasteiger partial charge in [-0.3, -0.25) is 4.68 Å². The number of hydrogen-bond acceptors (Lipinski definition) is 3. The van der Waals surface area contributed by atoms with Crippen LogP contribution in [0.1, 0.15) is 13.3 Å². The molecule has 0 spiro atoms. The molecule has 0 fully saturated rings. The van der Waals surface area contributed by atoms with Gasteiger partial charge in [0.25, 0.3) is 0 Å². The smallest absolute Gasteiger partial charge is 0.0951 e. The van der Waals surface area contributed by atoms with E-state index in [0.29, 0.717) is 6.54 Å². The molecule has 2 rings (SSSR count). The maximum atomic E-state index is 5.55. The molecule has 16 heavy (non-hydrogen) atoms. The van der Waals surface area contributed by atoms with Crippen LogP contribution in [-0.2, 0) is 13.1 Å². The minimum atomic E-state index is 0.618. The molecular weight excluding hydrogens is 202 g/mol. The van der Waals surface area contributed by atoms with Gasteiger partial charge in [0.15, 0.2) is 0 Å². The molecule has 0 unspecified atom stereocenters. The van der Waals surface area contributed by atoms with Gasteiger partial charge in [0.1, 0.15) is 0 Å². The molecule has 0 aromatic carbocycles. The fourth-order valence-electron chi connectivity index (χ4n) is 1.73. The Balaban J connectivity index is 2.24. The molecule has 2 heterocycles. The standard InChI is InChI=1S/C11H17N5/c1-2-4-16-8-10(6-14-16)11-7-13-9-15(11)5-3-12/h6-9H,2-5,12H2,1H3. The molecule has 2 N–H and O–H groups in total. The zero-order valence-electron chi connectivity index (χ0n) is 9.50. The van der Waals surface area contributed by atoms with Crippen molar-refractivity contribution in [2.45, 2.75) is 26.4 Å². The fraction of sp³-hybridized carbons (Fsp3) is 0.455. The number of nitrogens with zero attached hydrogens (tertiary/aromatic N) is 4. The number of aromatic nitrogens is 4. The van der Waals surface area contributed by atoms with Crippen LogP contribution in [0.5, 0.6) is 0 Å². The molecule has 0 radical (unpaired) electrons. The lowest BCUT2D eigenvalue weighted by Crippen LogP contribution is -2.09. The summed E-state index contributed by atoms with van der Waals surface area (Å²) in [6.45, 7) is 4.49. The van der Waals surface area contributed by atoms with Gasteiger partial charge >= 0.3 is 0 Å². The van der Waals surface area contributed by atoms with Crippen molar-refractivity contribution in [3.8, 4) is 11.3 Å². The second-order valence-electron chi connectivity index (χ2n) is 3.75. The maximum Gasteiger partial charge on any atom is 0.0951 e. The first-order valence-electron chi connectivity index (χ1n) is 5.58. The van der Waals surface area contributed by atoms with E-state index in [1.165, 1.54) is 0 Å². The Morgan fingerprint density at radius 1 is 1.31 bits per heavy atom. The Morgan fingerprint density at radius 2 is 2.19 bits per heavy atom. The van der Waals surface area contributed by atoms with Crippen LogP contribution in [0.15, 0.2) is 24.9 Å². The molecule has 0 bridgehead atoms. The largest absolute Gasteiger partial charge is 0.329 e. The van der Waals surface area contributed by atoms with Crippen LogP contribution in [-0.4, -0.2) is 25.9 Å². The lowest BCUT2D eigenvalue weighted by atomic mass is 10.3. The Morgan fingerprint density at radius 3 is 2.94 bits per heavy atom. The molecule has 5 nitrogen and oxygen atoms in total. The van der Waals surface area contributed by atoms with Crippen LogP contribution in [0.2, 0.25) is 0 Å². The predicted octanol–water partition coefficient (Wildman–Crippen LogP) is 1.12. The summed E-state index contributed by atoms with van der Waals surface area (Å²) in [5.74, 6) is 0. The summed E-state index contributed by atoms with van der Waals surface area (Å²) in [6, 6.07) is 0. The summed E-state index contributed by atoms with van der Waals surface area (Å²) in [5.41, 5.74) is 7.72. The molecule has 0 atom stereocenters. The van der Waals surface area contributed by atoms with Crippen LogP contribution < -0.4 is 5.73 Å². The second-order valence-corrected chi connectivity index (χ2v) is 3.75. The van der Waals surface area contributed by atoms with E-state index in [2.05, 4.69) is 17.0 Å². The number of aryl methyl sites for hydroxylation is 1. The molecule has 86 valence electrons. The second kappa shape index (κ2) is 4.94. The summed E-state index contributed by atoms with van der Waals surface area (Å²) in [4.78, 5) is 4.14. The van der Waals surface area contributed by atoms with E-state index < -0.39 is 0 Å². The van der Waals surface area contributed by atoms with Crippen LogP contribution in [0.4, 0.5) is 0 Å². The Hall–Kier alpha value is -1.62. The highest BCUT2D eigenvalue weighted by molar-refractivity contribution is 5.56. The lowest BCUT2D eigenvalue weighted by molar-refractivity contribution is 0.603. The topological polar surface area (TPSA) is 61.7 Å². The lowest BCUT2D eigenvalue weighted by Gasteiger charge is -2.03. The van der Waals surface area contributed by atoms with Crippen molar-refractivity contribution < 1.29 is 0 Å². The molecule has 5 heteroatoms. The van der Waals surface area contributed by atoms with Crippen molar-refractivity contribution in [3.05, 3.63) is 24.9 Å². The first-order chi connectivity index (χ1) is 7.85. The molecule has 0 aliphatic carbocycles. The molecule has 0 saturated heterocycles. The maximum absolute atomic E-state index is 5.55. The third kappa shape index (κ3) is 2.14. The van der Waals surface area contributed by atoms with Gasteiger partial charge < -0.3 is 10.3 Å². The van der Waals surface area contributed by atoms with Crippen LogP contribution in [0.3, 0.4) is 0 Å². The fourth-order valence-corrected chi connectivity index (χ4v) is 1.73. The van der Waals surface area contributed by atoms with Crippen molar-refractivity contribution in [2.24, 2.45) is 5.73 Å². The van der Waals surface area contributed by atoms with Gasteiger partial charge in [0.05, 0.1) is 24.4 Å². The number of rotatable bonds is 5. The molecule has 0 aliphatic heterocycles. The summed E-state index contributed by atoms with van der Waals surface area (Å²) in [6.07, 6.45) is 8.67. The molecular formula is C11H17N5. The Kier molecular flexibility index (Phi) is 3.36. The van der Waals surface area contributed by atoms with Crippen molar-refractivity contribution >= 4 is 0 Å². The Labute approximate surface area is 94.9 Å². The highest BCUT2D eigenvalue weighted by atomic mass is 15.3. The third-order valence-electron chi connectivity index (χ3n) is 2.46. The normalized spacial score (nSPS) is 10.9. The SMILES string of the molecule is CCCn1cc(-c2cncn2CCN)cn1. The number of nitrogens with two attached hydrogens (primary N) is 1. The van der Waals surface area contributed by atoms with Gasteiger partial charge in [-0.2, -0.15) is 5.10 Å². The van der Waals surface area contributed by atoms with Crippen LogP contribution >= 0.6 is 0 Å². The van der Waals surface area contributed by atoms with E-state index in [9.17, 15) is 0 Å². The minimum Gasteiger partial charge on any atom is -0.329 e. The van der Waals surface area contributed by atoms with Crippen molar-refractivity contribution in [1.29, 1.82) is 0 Å². The van der Waals surface area contributed by atoms with E-state index in [-0.39, 0.29) is 0 Å². The number of hydrogen-bond donors (Lipinski definition) is 1.